The molecule has 0 bridgehead atoms. The molecule has 2 aromatic rings. The minimum atomic E-state index is -0.737. The van der Waals surface area contributed by atoms with E-state index in [2.05, 4.69) is 0 Å². The van der Waals surface area contributed by atoms with E-state index in [1.807, 2.05) is 0 Å². The van der Waals surface area contributed by atoms with Crippen LogP contribution in [0.4, 0.5) is 22.7 Å². The van der Waals surface area contributed by atoms with E-state index in [9.17, 15) is 40.5 Å². The number of rotatable bonds is 4. The van der Waals surface area contributed by atoms with Crippen LogP contribution in [0.1, 0.15) is 0 Å². The quantitative estimate of drug-likeness (QED) is 0.534. The van der Waals surface area contributed by atoms with Crippen LogP contribution in [0.25, 0.3) is 0 Å². The highest BCUT2D eigenvalue weighted by atomic mass is 35.5. The number of nitro benzene ring substituents is 4. The molecule has 12 nitrogen and oxygen atoms in total. The van der Waals surface area contributed by atoms with Crippen molar-refractivity contribution >= 4 is 46.0 Å². The van der Waals surface area contributed by atoms with E-state index in [4.69, 9.17) is 23.2 Å². The van der Waals surface area contributed by atoms with Crippen LogP contribution in [0.2, 0.25) is 10.0 Å². The van der Waals surface area contributed by atoms with Crippen molar-refractivity contribution in [3.8, 4) is 0 Å². The zero-order valence-corrected chi connectivity index (χ0v) is 13.8. The largest absolute Gasteiger partial charge is 0.277 e. The lowest BCUT2D eigenvalue weighted by atomic mass is 10.3. The lowest BCUT2D eigenvalue weighted by Gasteiger charge is -1.93. The Labute approximate surface area is 153 Å². The third-order valence-corrected chi connectivity index (χ3v) is 3.01. The van der Waals surface area contributed by atoms with Gasteiger partial charge in [0.1, 0.15) is 0 Å². The Bertz CT molecular complexity index is 767. The first-order valence-electron chi connectivity index (χ1n) is 6.20. The molecule has 0 aromatic heterocycles. The molecule has 26 heavy (non-hydrogen) atoms. The molecule has 136 valence electrons. The van der Waals surface area contributed by atoms with Gasteiger partial charge in [-0.1, -0.05) is 23.2 Å². The van der Waals surface area contributed by atoms with Crippen LogP contribution in [-0.2, 0) is 0 Å². The van der Waals surface area contributed by atoms with E-state index in [1.165, 1.54) is 0 Å². The molecule has 0 amide bonds. The molecule has 14 heteroatoms. The van der Waals surface area contributed by atoms with Crippen LogP contribution in [0.15, 0.2) is 36.4 Å². The van der Waals surface area contributed by atoms with Crippen LogP contribution in [0.5, 0.6) is 0 Å². The van der Waals surface area contributed by atoms with Crippen molar-refractivity contribution in [2.45, 2.75) is 0 Å². The maximum absolute atomic E-state index is 10.3. The smallest absolute Gasteiger partial charge is 0.258 e. The Balaban J connectivity index is 0.000000260. The molecule has 0 atom stereocenters. The normalized spacial score (nSPS) is 9.62. The zero-order chi connectivity index (χ0) is 20.0. The molecule has 0 unspecified atom stereocenters. The predicted octanol–water partition coefficient (Wildman–Crippen LogP) is 4.31. The van der Waals surface area contributed by atoms with Gasteiger partial charge in [0.25, 0.3) is 22.7 Å². The first-order valence-corrected chi connectivity index (χ1v) is 6.95. The van der Waals surface area contributed by atoms with E-state index >= 15 is 0 Å². The molecular weight excluding hydrogens is 399 g/mol. The highest BCUT2D eigenvalue weighted by molar-refractivity contribution is 6.31. The van der Waals surface area contributed by atoms with E-state index in [-0.39, 0.29) is 32.8 Å². The van der Waals surface area contributed by atoms with E-state index in [0.29, 0.717) is 0 Å². The first-order chi connectivity index (χ1) is 12.0. The summed E-state index contributed by atoms with van der Waals surface area (Å²) in [6, 6.07) is 5.91. The van der Waals surface area contributed by atoms with Crippen molar-refractivity contribution in [2.24, 2.45) is 0 Å². The van der Waals surface area contributed by atoms with Gasteiger partial charge >= 0.3 is 0 Å². The molecule has 0 spiro atoms. The minimum Gasteiger partial charge on any atom is -0.258 e. The molecule has 0 aliphatic rings. The Morgan fingerprint density at radius 2 is 0.692 bits per heavy atom. The van der Waals surface area contributed by atoms with Crippen LogP contribution >= 0.6 is 23.2 Å². The summed E-state index contributed by atoms with van der Waals surface area (Å²) < 4.78 is 0. The van der Waals surface area contributed by atoms with Crippen molar-refractivity contribution < 1.29 is 19.7 Å². The molecule has 0 aliphatic heterocycles. The summed E-state index contributed by atoms with van der Waals surface area (Å²) in [5.74, 6) is 0. The number of non-ortho nitro benzene ring substituents is 4. The summed E-state index contributed by atoms with van der Waals surface area (Å²) in [5, 5.41) is 41.0. The van der Waals surface area contributed by atoms with E-state index < -0.39 is 19.7 Å². The molecular formula is C12H6Cl2N4O8. The fourth-order valence-corrected chi connectivity index (χ4v) is 1.99. The van der Waals surface area contributed by atoms with Crippen LogP contribution in [0, 0.1) is 40.5 Å². The number of hydrogen-bond donors (Lipinski definition) is 0. The van der Waals surface area contributed by atoms with Crippen molar-refractivity contribution in [1.29, 1.82) is 0 Å². The average Bonchev–Trinajstić information content (AvgIpc) is 2.54. The zero-order valence-electron chi connectivity index (χ0n) is 12.3. The van der Waals surface area contributed by atoms with Gasteiger partial charge in [-0.05, 0) is 0 Å². The molecule has 0 saturated carbocycles. The third-order valence-electron chi connectivity index (χ3n) is 2.58. The summed E-state index contributed by atoms with van der Waals surface area (Å²) in [6.07, 6.45) is 0. The van der Waals surface area contributed by atoms with E-state index in [1.54, 1.807) is 0 Å². The molecule has 0 N–H and O–H groups in total. The second-order valence-electron chi connectivity index (χ2n) is 4.36. The van der Waals surface area contributed by atoms with Crippen molar-refractivity contribution in [2.75, 3.05) is 0 Å². The van der Waals surface area contributed by atoms with Gasteiger partial charge in [-0.15, -0.1) is 0 Å². The van der Waals surface area contributed by atoms with Crippen LogP contribution < -0.4 is 0 Å². The van der Waals surface area contributed by atoms with Crippen LogP contribution in [0.3, 0.4) is 0 Å². The summed E-state index contributed by atoms with van der Waals surface area (Å²) >= 11 is 10.9. The number of benzene rings is 2. The maximum Gasteiger partial charge on any atom is 0.277 e. The predicted molar refractivity (Wildman–Crippen MR) is 89.5 cm³/mol. The Morgan fingerprint density at radius 1 is 0.500 bits per heavy atom. The molecule has 2 aromatic carbocycles. The fraction of sp³-hybridized carbons (Fsp3) is 0. The maximum atomic E-state index is 10.3. The second kappa shape index (κ2) is 8.64. The molecule has 0 saturated heterocycles. The fourth-order valence-electron chi connectivity index (χ4n) is 1.54. The summed E-state index contributed by atoms with van der Waals surface area (Å²) in [4.78, 5) is 38.1. The summed E-state index contributed by atoms with van der Waals surface area (Å²) in [7, 11) is 0. The first kappa shape index (κ1) is 20.7. The van der Waals surface area contributed by atoms with Gasteiger partial charge in [-0.2, -0.15) is 0 Å². The Morgan fingerprint density at radius 3 is 0.846 bits per heavy atom. The molecule has 0 radical (unpaired) electrons. The summed E-state index contributed by atoms with van der Waals surface area (Å²) in [5.41, 5.74) is -1.56. The van der Waals surface area contributed by atoms with Crippen molar-refractivity contribution in [3.05, 3.63) is 86.9 Å². The van der Waals surface area contributed by atoms with Gasteiger partial charge in [-0.3, -0.25) is 40.5 Å². The number of nitrogens with zero attached hydrogens (tertiary/aromatic N) is 4. The summed E-state index contributed by atoms with van der Waals surface area (Å²) in [6.45, 7) is 0. The van der Waals surface area contributed by atoms with Gasteiger partial charge < -0.3 is 0 Å². The van der Waals surface area contributed by atoms with Gasteiger partial charge in [0, 0.05) is 24.3 Å². The van der Waals surface area contributed by atoms with Gasteiger partial charge in [0.15, 0.2) is 0 Å². The van der Waals surface area contributed by atoms with Gasteiger partial charge in [0.2, 0.25) is 0 Å². The topological polar surface area (TPSA) is 173 Å². The van der Waals surface area contributed by atoms with Gasteiger partial charge in [0.05, 0.1) is 41.9 Å². The van der Waals surface area contributed by atoms with E-state index in [0.717, 1.165) is 36.4 Å². The number of halogens is 2. The van der Waals surface area contributed by atoms with Crippen molar-refractivity contribution in [1.82, 2.24) is 0 Å². The monoisotopic (exact) mass is 404 g/mol. The Kier molecular flexibility index (Phi) is 6.87. The lowest BCUT2D eigenvalue weighted by molar-refractivity contribution is -0.394. The second-order valence-corrected chi connectivity index (χ2v) is 5.24. The Hall–Kier alpha value is -3.38. The SMILES string of the molecule is O=[N+]([O-])c1cc(Cl)cc([N+](=O)[O-])c1.O=[N+]([O-])c1cc(Cl)cc([N+](=O)[O-])c1. The molecule has 2 rings (SSSR count). The molecule has 0 heterocycles. The van der Waals surface area contributed by atoms with Gasteiger partial charge in [-0.25, -0.2) is 0 Å². The number of hydrogen-bond acceptors (Lipinski definition) is 8. The lowest BCUT2D eigenvalue weighted by Crippen LogP contribution is -1.92. The van der Waals surface area contributed by atoms with Crippen LogP contribution in [-0.4, -0.2) is 19.7 Å². The minimum absolute atomic E-state index is 0.0269. The highest BCUT2D eigenvalue weighted by Gasteiger charge is 2.16. The standard InChI is InChI=1S/2C6H3ClN2O4/c2*7-4-1-5(8(10)11)3-6(2-4)9(12)13/h2*1-3H. The van der Waals surface area contributed by atoms with Crippen molar-refractivity contribution in [3.63, 3.8) is 0 Å². The molecule has 0 aliphatic carbocycles. The average molecular weight is 405 g/mol. The number of nitro groups is 4. The highest BCUT2D eigenvalue weighted by Crippen LogP contribution is 2.26. The molecule has 0 fully saturated rings. The third kappa shape index (κ3) is 5.92.